The topological polar surface area (TPSA) is 64.3 Å². The smallest absolute Gasteiger partial charge is 0.242 e. The molecular weight excluding hydrogens is 252 g/mol. The molecule has 0 bridgehead atoms. The van der Waals surface area contributed by atoms with Crippen LogP contribution in [0.2, 0.25) is 5.02 Å². The van der Waals surface area contributed by atoms with Gasteiger partial charge >= 0.3 is 0 Å². The summed E-state index contributed by atoms with van der Waals surface area (Å²) in [4.78, 5) is 11.8. The Bertz CT molecular complexity index is 394. The summed E-state index contributed by atoms with van der Waals surface area (Å²) in [6.07, 6.45) is 0.563. The molecular formula is C13H19ClN2O2. The molecule has 1 rings (SSSR count). The molecule has 1 aromatic rings. The number of primary amides is 1. The van der Waals surface area contributed by atoms with Gasteiger partial charge in [0.1, 0.15) is 5.54 Å². The number of nitrogens with two attached hydrogens (primary N) is 1. The van der Waals surface area contributed by atoms with E-state index in [0.29, 0.717) is 24.6 Å². The Labute approximate surface area is 112 Å². The molecule has 3 N–H and O–H groups in total. The Morgan fingerprint density at radius 1 is 1.44 bits per heavy atom. The minimum atomic E-state index is -0.872. The molecule has 1 unspecified atom stereocenters. The second kappa shape index (κ2) is 6.73. The molecule has 18 heavy (non-hydrogen) atoms. The second-order valence-electron chi connectivity index (χ2n) is 4.05. The Balaban J connectivity index is 3.02. The first kappa shape index (κ1) is 15.0. The maximum absolute atomic E-state index is 11.8. The third-order valence-corrected chi connectivity index (χ3v) is 3.27. The average Bonchev–Trinajstić information content (AvgIpc) is 2.36. The summed E-state index contributed by atoms with van der Waals surface area (Å²) >= 11 is 5.85. The first-order valence-electron chi connectivity index (χ1n) is 5.86. The van der Waals surface area contributed by atoms with Crippen molar-refractivity contribution in [3.05, 3.63) is 34.9 Å². The number of carbonyl (C=O) groups excluding carboxylic acids is 1. The van der Waals surface area contributed by atoms with Crippen LogP contribution in [0.5, 0.6) is 0 Å². The van der Waals surface area contributed by atoms with Crippen molar-refractivity contribution in [2.75, 3.05) is 20.3 Å². The third-order valence-electron chi connectivity index (χ3n) is 3.02. The van der Waals surface area contributed by atoms with Gasteiger partial charge in [0.25, 0.3) is 0 Å². The van der Waals surface area contributed by atoms with Gasteiger partial charge in [0.2, 0.25) is 5.91 Å². The molecule has 0 aliphatic rings. The second-order valence-corrected chi connectivity index (χ2v) is 4.49. The van der Waals surface area contributed by atoms with Crippen molar-refractivity contribution in [1.29, 1.82) is 0 Å². The summed E-state index contributed by atoms with van der Waals surface area (Å²) in [5.74, 6) is -0.400. The number of ether oxygens (including phenoxy) is 1. The number of nitrogens with one attached hydrogen (secondary N) is 1. The quantitative estimate of drug-likeness (QED) is 0.741. The molecule has 5 heteroatoms. The van der Waals surface area contributed by atoms with E-state index < -0.39 is 11.4 Å². The van der Waals surface area contributed by atoms with Crippen LogP contribution >= 0.6 is 11.6 Å². The van der Waals surface area contributed by atoms with Crippen molar-refractivity contribution < 1.29 is 9.53 Å². The van der Waals surface area contributed by atoms with E-state index in [1.807, 2.05) is 19.1 Å². The van der Waals surface area contributed by atoms with Crippen LogP contribution in [0.15, 0.2) is 24.3 Å². The first-order chi connectivity index (χ1) is 8.56. The van der Waals surface area contributed by atoms with Gasteiger partial charge in [0.05, 0.1) is 6.61 Å². The minimum Gasteiger partial charge on any atom is -0.383 e. The van der Waals surface area contributed by atoms with Crippen molar-refractivity contribution in [1.82, 2.24) is 5.32 Å². The largest absolute Gasteiger partial charge is 0.383 e. The van der Waals surface area contributed by atoms with Crippen molar-refractivity contribution in [3.63, 3.8) is 0 Å². The van der Waals surface area contributed by atoms with Crippen molar-refractivity contribution in [2.24, 2.45) is 5.73 Å². The SMILES string of the molecule is CCC(NCCOC)(C(N)=O)c1ccc(Cl)cc1. The Morgan fingerprint density at radius 3 is 2.50 bits per heavy atom. The van der Waals surface area contributed by atoms with Gasteiger partial charge in [-0.3, -0.25) is 10.1 Å². The number of carbonyl (C=O) groups is 1. The average molecular weight is 271 g/mol. The number of amides is 1. The number of benzene rings is 1. The van der Waals surface area contributed by atoms with Crippen LogP contribution in [0.4, 0.5) is 0 Å². The first-order valence-corrected chi connectivity index (χ1v) is 6.24. The lowest BCUT2D eigenvalue weighted by atomic mass is 9.86. The maximum Gasteiger partial charge on any atom is 0.242 e. The highest BCUT2D eigenvalue weighted by Gasteiger charge is 2.35. The molecule has 0 aliphatic heterocycles. The van der Waals surface area contributed by atoms with Crippen LogP contribution in [0.3, 0.4) is 0 Å². The number of rotatable bonds is 7. The van der Waals surface area contributed by atoms with E-state index in [-0.39, 0.29) is 0 Å². The summed E-state index contributed by atoms with van der Waals surface area (Å²) in [5, 5.41) is 3.81. The Kier molecular flexibility index (Phi) is 5.59. The summed E-state index contributed by atoms with van der Waals surface area (Å²) < 4.78 is 4.98. The summed E-state index contributed by atoms with van der Waals surface area (Å²) in [6.45, 7) is 2.98. The third kappa shape index (κ3) is 3.22. The van der Waals surface area contributed by atoms with Gasteiger partial charge < -0.3 is 10.5 Å². The lowest BCUT2D eigenvalue weighted by molar-refractivity contribution is -0.125. The van der Waals surface area contributed by atoms with Gasteiger partial charge in [0, 0.05) is 18.7 Å². The number of hydrogen-bond acceptors (Lipinski definition) is 3. The van der Waals surface area contributed by atoms with Crippen molar-refractivity contribution >= 4 is 17.5 Å². The van der Waals surface area contributed by atoms with Gasteiger partial charge in [-0.25, -0.2) is 0 Å². The van der Waals surface area contributed by atoms with Gasteiger partial charge in [-0.15, -0.1) is 0 Å². The van der Waals surface area contributed by atoms with Crippen molar-refractivity contribution in [3.8, 4) is 0 Å². The number of halogens is 1. The molecule has 4 nitrogen and oxygen atoms in total. The highest BCUT2D eigenvalue weighted by atomic mass is 35.5. The molecule has 0 saturated carbocycles. The standard InChI is InChI=1S/C13H19ClN2O2/c1-3-13(12(15)17,16-8-9-18-2)10-4-6-11(14)7-5-10/h4-7,16H,3,8-9H2,1-2H3,(H2,15,17). The van der Waals surface area contributed by atoms with Gasteiger partial charge in [-0.05, 0) is 24.1 Å². The van der Waals surface area contributed by atoms with Crippen LogP contribution in [0, 0.1) is 0 Å². The zero-order chi connectivity index (χ0) is 13.6. The monoisotopic (exact) mass is 270 g/mol. The van der Waals surface area contributed by atoms with Gasteiger partial charge in [-0.2, -0.15) is 0 Å². The molecule has 0 radical (unpaired) electrons. The van der Waals surface area contributed by atoms with Crippen LogP contribution in [0.25, 0.3) is 0 Å². The highest BCUT2D eigenvalue weighted by molar-refractivity contribution is 6.30. The zero-order valence-corrected chi connectivity index (χ0v) is 11.5. The number of methoxy groups -OCH3 is 1. The normalized spacial score (nSPS) is 14.2. The summed E-state index contributed by atoms with van der Waals surface area (Å²) in [5.41, 5.74) is 5.50. The molecule has 100 valence electrons. The predicted molar refractivity (Wildman–Crippen MR) is 72.5 cm³/mol. The lowest BCUT2D eigenvalue weighted by Gasteiger charge is -2.31. The fraction of sp³-hybridized carbons (Fsp3) is 0.462. The molecule has 0 saturated heterocycles. The fourth-order valence-electron chi connectivity index (χ4n) is 1.94. The van der Waals surface area contributed by atoms with Crippen LogP contribution in [0.1, 0.15) is 18.9 Å². The molecule has 0 aromatic heterocycles. The van der Waals surface area contributed by atoms with E-state index in [9.17, 15) is 4.79 Å². The van der Waals surface area contributed by atoms with E-state index in [1.165, 1.54) is 0 Å². The van der Waals surface area contributed by atoms with Gasteiger partial charge in [-0.1, -0.05) is 30.7 Å². The minimum absolute atomic E-state index is 0.400. The fourth-order valence-corrected chi connectivity index (χ4v) is 2.06. The molecule has 0 fully saturated rings. The van der Waals surface area contributed by atoms with E-state index in [4.69, 9.17) is 22.1 Å². The van der Waals surface area contributed by atoms with E-state index in [0.717, 1.165) is 5.56 Å². The molecule has 1 atom stereocenters. The Hall–Kier alpha value is -1.10. The van der Waals surface area contributed by atoms with E-state index in [2.05, 4.69) is 5.32 Å². The zero-order valence-electron chi connectivity index (χ0n) is 10.7. The van der Waals surface area contributed by atoms with Crippen LogP contribution in [-0.4, -0.2) is 26.2 Å². The summed E-state index contributed by atoms with van der Waals surface area (Å²) in [6, 6.07) is 7.14. The van der Waals surface area contributed by atoms with Crippen LogP contribution < -0.4 is 11.1 Å². The number of hydrogen-bond donors (Lipinski definition) is 2. The molecule has 1 amide bonds. The van der Waals surface area contributed by atoms with Crippen LogP contribution in [-0.2, 0) is 15.1 Å². The van der Waals surface area contributed by atoms with E-state index >= 15 is 0 Å². The maximum atomic E-state index is 11.8. The summed E-state index contributed by atoms with van der Waals surface area (Å²) in [7, 11) is 1.61. The van der Waals surface area contributed by atoms with E-state index in [1.54, 1.807) is 19.2 Å². The molecule has 0 spiro atoms. The highest BCUT2D eigenvalue weighted by Crippen LogP contribution is 2.26. The molecule has 1 aromatic carbocycles. The lowest BCUT2D eigenvalue weighted by Crippen LogP contribution is -2.53. The van der Waals surface area contributed by atoms with Gasteiger partial charge in [0.15, 0.2) is 0 Å². The predicted octanol–water partition coefficient (Wildman–Crippen LogP) is 1.67. The van der Waals surface area contributed by atoms with Crippen molar-refractivity contribution in [2.45, 2.75) is 18.9 Å². The molecule has 0 aliphatic carbocycles. The Morgan fingerprint density at radius 2 is 2.06 bits per heavy atom. The molecule has 0 heterocycles.